The van der Waals surface area contributed by atoms with Crippen molar-refractivity contribution in [1.82, 2.24) is 9.36 Å². The summed E-state index contributed by atoms with van der Waals surface area (Å²) in [5, 5.41) is 6.53. The van der Waals surface area contributed by atoms with E-state index in [9.17, 15) is 4.79 Å². The van der Waals surface area contributed by atoms with Crippen molar-refractivity contribution in [1.29, 1.82) is 0 Å². The number of ether oxygens (including phenoxy) is 2. The monoisotopic (exact) mass is 366 g/mol. The third-order valence-electron chi connectivity index (χ3n) is 3.41. The summed E-state index contributed by atoms with van der Waals surface area (Å²) in [5.74, 6) is 1.43. The first-order valence-corrected chi connectivity index (χ1v) is 9.29. The van der Waals surface area contributed by atoms with Crippen LogP contribution in [0.3, 0.4) is 0 Å². The molecule has 1 atom stereocenters. The number of methoxy groups -OCH3 is 1. The first kappa shape index (κ1) is 17.0. The summed E-state index contributed by atoms with van der Waals surface area (Å²) in [6.45, 7) is 0.839. The van der Waals surface area contributed by atoms with Crippen LogP contribution in [0, 0.1) is 0 Å². The molecule has 2 amide bonds. The maximum atomic E-state index is 12.1. The van der Waals surface area contributed by atoms with Gasteiger partial charge in [-0.15, -0.1) is 0 Å². The largest absolute Gasteiger partial charge is 0.495 e. The number of para-hydroxylation sites is 2. The second kappa shape index (κ2) is 8.32. The third-order valence-corrected chi connectivity index (χ3v) is 5.13. The zero-order valence-corrected chi connectivity index (χ0v) is 14.8. The highest BCUT2D eigenvalue weighted by Gasteiger charge is 2.17. The third kappa shape index (κ3) is 4.59. The molecule has 1 fully saturated rings. The molecule has 1 aliphatic heterocycles. The summed E-state index contributed by atoms with van der Waals surface area (Å²) in [4.78, 5) is 16.4. The SMILES string of the molecule is COc1ccccc1NC(=O)Nc1nc(SCC2CCCO2)ns1. The summed E-state index contributed by atoms with van der Waals surface area (Å²) in [6, 6.07) is 6.82. The number of hydrogen-bond donors (Lipinski definition) is 2. The number of carbonyl (C=O) groups is 1. The lowest BCUT2D eigenvalue weighted by molar-refractivity contribution is 0.129. The van der Waals surface area contributed by atoms with Crippen molar-refractivity contribution in [3.05, 3.63) is 24.3 Å². The molecular formula is C15H18N4O3S2. The zero-order valence-electron chi connectivity index (χ0n) is 13.2. The Labute approximate surface area is 148 Å². The van der Waals surface area contributed by atoms with Gasteiger partial charge in [0.25, 0.3) is 0 Å². The van der Waals surface area contributed by atoms with Gasteiger partial charge in [0.2, 0.25) is 10.3 Å². The molecule has 0 saturated carbocycles. The number of hydrogen-bond acceptors (Lipinski definition) is 7. The lowest BCUT2D eigenvalue weighted by atomic mass is 10.3. The van der Waals surface area contributed by atoms with Crippen LogP contribution in [0.25, 0.3) is 0 Å². The molecule has 1 saturated heterocycles. The Kier molecular flexibility index (Phi) is 5.89. The lowest BCUT2D eigenvalue weighted by Gasteiger charge is -2.09. The maximum absolute atomic E-state index is 12.1. The highest BCUT2D eigenvalue weighted by atomic mass is 32.2. The Balaban J connectivity index is 1.51. The number of urea groups is 1. The number of carbonyl (C=O) groups excluding carboxylic acids is 1. The molecule has 7 nitrogen and oxygen atoms in total. The van der Waals surface area contributed by atoms with Gasteiger partial charge in [-0.05, 0) is 25.0 Å². The van der Waals surface area contributed by atoms with Crippen LogP contribution in [0.15, 0.2) is 29.4 Å². The van der Waals surface area contributed by atoms with Crippen molar-refractivity contribution in [2.45, 2.75) is 24.1 Å². The number of aromatic nitrogens is 2. The lowest BCUT2D eigenvalue weighted by Crippen LogP contribution is -2.19. The van der Waals surface area contributed by atoms with E-state index in [1.807, 2.05) is 12.1 Å². The first-order chi connectivity index (χ1) is 11.7. The Morgan fingerprint density at radius 1 is 1.46 bits per heavy atom. The Hall–Kier alpha value is -1.84. The maximum Gasteiger partial charge on any atom is 0.325 e. The Bertz CT molecular complexity index is 689. The zero-order chi connectivity index (χ0) is 16.8. The molecule has 0 aliphatic carbocycles. The fraction of sp³-hybridized carbons (Fsp3) is 0.400. The standard InChI is InChI=1S/C15H18N4O3S2/c1-21-12-7-3-2-6-11(12)16-13(20)17-14-18-15(19-24-14)23-9-10-5-4-8-22-10/h2-3,6-7,10H,4-5,8-9H2,1H3,(H2,16,17,18,19,20). The highest BCUT2D eigenvalue weighted by Crippen LogP contribution is 2.25. The molecule has 9 heteroatoms. The van der Waals surface area contributed by atoms with E-state index in [-0.39, 0.29) is 12.1 Å². The summed E-state index contributed by atoms with van der Waals surface area (Å²) in [7, 11) is 1.56. The van der Waals surface area contributed by atoms with E-state index in [4.69, 9.17) is 9.47 Å². The number of anilines is 2. The molecular weight excluding hydrogens is 348 g/mol. The van der Waals surface area contributed by atoms with Crippen molar-refractivity contribution >= 4 is 40.1 Å². The van der Waals surface area contributed by atoms with Crippen molar-refractivity contribution in [2.75, 3.05) is 30.1 Å². The van der Waals surface area contributed by atoms with E-state index >= 15 is 0 Å². The van der Waals surface area contributed by atoms with Gasteiger partial charge in [0.15, 0.2) is 0 Å². The molecule has 1 unspecified atom stereocenters. The van der Waals surface area contributed by atoms with E-state index in [2.05, 4.69) is 20.0 Å². The average Bonchev–Trinajstić information content (AvgIpc) is 3.25. The van der Waals surface area contributed by atoms with Gasteiger partial charge in [0, 0.05) is 23.9 Å². The quantitative estimate of drug-likeness (QED) is 0.762. The molecule has 128 valence electrons. The van der Waals surface area contributed by atoms with E-state index in [1.165, 1.54) is 0 Å². The molecule has 1 aliphatic rings. The molecule has 24 heavy (non-hydrogen) atoms. The first-order valence-electron chi connectivity index (χ1n) is 7.54. The van der Waals surface area contributed by atoms with Crippen LogP contribution >= 0.6 is 23.3 Å². The van der Waals surface area contributed by atoms with E-state index in [1.54, 1.807) is 31.0 Å². The van der Waals surface area contributed by atoms with E-state index < -0.39 is 0 Å². The molecule has 2 heterocycles. The molecule has 2 N–H and O–H groups in total. The second-order valence-electron chi connectivity index (χ2n) is 5.11. The fourth-order valence-corrected chi connectivity index (χ4v) is 3.87. The van der Waals surface area contributed by atoms with Gasteiger partial charge in [0.1, 0.15) is 5.75 Å². The predicted octanol–water partition coefficient (Wildman–Crippen LogP) is 3.46. The summed E-state index contributed by atoms with van der Waals surface area (Å²) in [6.07, 6.45) is 2.48. The van der Waals surface area contributed by atoms with Crippen LogP contribution in [0.1, 0.15) is 12.8 Å². The van der Waals surface area contributed by atoms with Crippen molar-refractivity contribution < 1.29 is 14.3 Å². The number of nitrogens with one attached hydrogen (secondary N) is 2. The van der Waals surface area contributed by atoms with Crippen LogP contribution in [0.2, 0.25) is 0 Å². The van der Waals surface area contributed by atoms with Gasteiger partial charge in [-0.1, -0.05) is 23.9 Å². The van der Waals surface area contributed by atoms with Gasteiger partial charge in [0.05, 0.1) is 18.9 Å². The minimum Gasteiger partial charge on any atom is -0.495 e. The van der Waals surface area contributed by atoms with Gasteiger partial charge in [-0.3, -0.25) is 5.32 Å². The van der Waals surface area contributed by atoms with Crippen molar-refractivity contribution in [3.63, 3.8) is 0 Å². The van der Waals surface area contributed by atoms with Gasteiger partial charge in [-0.2, -0.15) is 9.36 Å². The van der Waals surface area contributed by atoms with E-state index in [0.29, 0.717) is 21.7 Å². The molecule has 0 radical (unpaired) electrons. The second-order valence-corrected chi connectivity index (χ2v) is 6.85. The number of rotatable bonds is 6. The minimum atomic E-state index is -0.383. The topological polar surface area (TPSA) is 85.4 Å². The molecule has 1 aromatic heterocycles. The van der Waals surface area contributed by atoms with Crippen LogP contribution in [0.4, 0.5) is 15.6 Å². The van der Waals surface area contributed by atoms with Crippen molar-refractivity contribution in [3.8, 4) is 5.75 Å². The summed E-state index contributed by atoms with van der Waals surface area (Å²) in [5.41, 5.74) is 0.593. The van der Waals surface area contributed by atoms with Gasteiger partial charge < -0.3 is 14.8 Å². The summed E-state index contributed by atoms with van der Waals surface area (Å²) < 4.78 is 15.0. The smallest absolute Gasteiger partial charge is 0.325 e. The number of benzene rings is 1. The van der Waals surface area contributed by atoms with Crippen LogP contribution in [-0.2, 0) is 4.74 Å². The molecule has 3 rings (SSSR count). The molecule has 2 aromatic rings. The van der Waals surface area contributed by atoms with Crippen LogP contribution < -0.4 is 15.4 Å². The normalized spacial score (nSPS) is 16.8. The molecule has 0 spiro atoms. The number of nitrogens with zero attached hydrogens (tertiary/aromatic N) is 2. The van der Waals surface area contributed by atoms with Crippen LogP contribution in [0.5, 0.6) is 5.75 Å². The average molecular weight is 366 g/mol. The highest BCUT2D eigenvalue weighted by molar-refractivity contribution is 7.99. The molecule has 0 bridgehead atoms. The van der Waals surface area contributed by atoms with Crippen molar-refractivity contribution in [2.24, 2.45) is 0 Å². The fourth-order valence-electron chi connectivity index (χ4n) is 2.26. The van der Waals surface area contributed by atoms with E-state index in [0.717, 1.165) is 36.7 Å². The predicted molar refractivity (Wildman–Crippen MR) is 95.2 cm³/mol. The Morgan fingerprint density at radius 3 is 3.12 bits per heavy atom. The number of thioether (sulfide) groups is 1. The van der Waals surface area contributed by atoms with Gasteiger partial charge >= 0.3 is 6.03 Å². The minimum absolute atomic E-state index is 0.281. The summed E-state index contributed by atoms with van der Waals surface area (Å²) >= 11 is 2.70. The Morgan fingerprint density at radius 2 is 2.33 bits per heavy atom. The number of amides is 2. The molecule has 1 aromatic carbocycles. The van der Waals surface area contributed by atoms with Gasteiger partial charge in [-0.25, -0.2) is 4.79 Å². The van der Waals surface area contributed by atoms with Crippen LogP contribution in [-0.4, -0.2) is 41.0 Å².